The van der Waals surface area contributed by atoms with Crippen LogP contribution in [0.25, 0.3) is 0 Å². The Morgan fingerprint density at radius 1 is 1.31 bits per heavy atom. The monoisotopic (exact) mass is 263 g/mol. The molecule has 0 unspecified atom stereocenters. The van der Waals surface area contributed by atoms with Gasteiger partial charge in [0.1, 0.15) is 0 Å². The van der Waals surface area contributed by atoms with Gasteiger partial charge in [-0.05, 0) is 6.92 Å². The first kappa shape index (κ1) is 19.1. The van der Waals surface area contributed by atoms with E-state index in [2.05, 4.69) is 10.2 Å². The molecular weight excluding hydrogens is 243 g/mol. The van der Waals surface area contributed by atoms with Gasteiger partial charge in [0, 0.05) is 62.3 Å². The van der Waals surface area contributed by atoms with Gasteiger partial charge < -0.3 is 10.4 Å². The molecule has 0 saturated carbocycles. The quantitative estimate of drug-likeness (QED) is 0.420. The molecule has 1 aliphatic heterocycles. The van der Waals surface area contributed by atoms with E-state index in [0.717, 1.165) is 32.7 Å². The normalized spacial score (nSPS) is 16.9. The van der Waals surface area contributed by atoms with E-state index >= 15 is 0 Å². The van der Waals surface area contributed by atoms with Crippen molar-refractivity contribution in [2.24, 2.45) is 0 Å². The van der Waals surface area contributed by atoms with Gasteiger partial charge in [0.05, 0.1) is 12.4 Å². The molecule has 0 bridgehead atoms. The van der Waals surface area contributed by atoms with Crippen LogP contribution in [0.3, 0.4) is 0 Å². The Kier molecular flexibility index (Phi) is 13.1. The molecule has 0 aromatic carbocycles. The average Bonchev–Trinajstić information content (AvgIpc) is 2.20. The number of nitrogens with zero attached hydrogens (tertiary/aromatic N) is 1. The Bertz CT molecular complexity index is 240. The Balaban J connectivity index is 0. The van der Waals surface area contributed by atoms with Crippen LogP contribution in [0.5, 0.6) is 0 Å². The van der Waals surface area contributed by atoms with Gasteiger partial charge >= 0.3 is 0 Å². The smallest absolute Gasteiger partial charge is 0.264 e. The van der Waals surface area contributed by atoms with Crippen LogP contribution < -0.4 is 5.32 Å². The summed E-state index contributed by atoms with van der Waals surface area (Å²) in [6, 6.07) is 0. The Hall–Kier alpha value is 0.790. The van der Waals surface area contributed by atoms with E-state index in [9.17, 15) is 8.42 Å². The number of aliphatic hydroxyl groups is 1. The number of hydrogen-bond acceptors (Lipinski definition) is 5. The maximum atomic E-state index is 9.56. The SMILES string of the molecule is CCS(=O)(=O)O.OCCN1CCNCC1.[Na]. The van der Waals surface area contributed by atoms with E-state index in [1.54, 1.807) is 0 Å². The topological polar surface area (TPSA) is 89.9 Å². The summed E-state index contributed by atoms with van der Waals surface area (Å²) in [5, 5.41) is 11.8. The van der Waals surface area contributed by atoms with E-state index in [0.29, 0.717) is 6.61 Å². The van der Waals surface area contributed by atoms with Gasteiger partial charge in [-0.25, -0.2) is 0 Å². The fraction of sp³-hybridized carbons (Fsp3) is 1.00. The summed E-state index contributed by atoms with van der Waals surface area (Å²) >= 11 is 0. The number of β-amino-alcohol motifs (C(OH)–C–C–N with tert-alkyl or cyclic N) is 1. The van der Waals surface area contributed by atoms with Gasteiger partial charge in [-0.1, -0.05) is 0 Å². The third kappa shape index (κ3) is 12.9. The van der Waals surface area contributed by atoms with E-state index in [1.807, 2.05) is 0 Å². The van der Waals surface area contributed by atoms with Crippen LogP contribution in [0.1, 0.15) is 6.92 Å². The van der Waals surface area contributed by atoms with Crippen LogP contribution in [0.4, 0.5) is 0 Å². The summed E-state index contributed by atoms with van der Waals surface area (Å²) in [5.41, 5.74) is 0. The van der Waals surface area contributed by atoms with Crippen LogP contribution >= 0.6 is 0 Å². The van der Waals surface area contributed by atoms with E-state index < -0.39 is 10.1 Å². The maximum Gasteiger partial charge on any atom is 0.264 e. The summed E-state index contributed by atoms with van der Waals surface area (Å²) in [6.07, 6.45) is 0. The van der Waals surface area contributed by atoms with E-state index in [1.165, 1.54) is 6.92 Å². The number of aliphatic hydroxyl groups excluding tert-OH is 1. The van der Waals surface area contributed by atoms with E-state index in [4.69, 9.17) is 9.66 Å². The first-order chi connectivity index (χ1) is 6.99. The summed E-state index contributed by atoms with van der Waals surface area (Å²) < 4.78 is 26.9. The second-order valence-corrected chi connectivity index (χ2v) is 4.93. The van der Waals surface area contributed by atoms with Crippen molar-refractivity contribution in [2.45, 2.75) is 6.92 Å². The summed E-state index contributed by atoms with van der Waals surface area (Å²) in [5.74, 6) is -0.201. The van der Waals surface area contributed by atoms with Crippen molar-refractivity contribution in [3.8, 4) is 0 Å². The van der Waals surface area contributed by atoms with Crippen molar-refractivity contribution in [3.05, 3.63) is 0 Å². The minimum atomic E-state index is -3.66. The van der Waals surface area contributed by atoms with Crippen molar-refractivity contribution in [1.82, 2.24) is 10.2 Å². The molecule has 0 aromatic rings. The molecule has 1 aliphatic rings. The molecule has 8 heteroatoms. The first-order valence-corrected chi connectivity index (χ1v) is 6.59. The second-order valence-electron chi connectivity index (χ2n) is 3.19. The predicted molar refractivity (Wildman–Crippen MR) is 64.2 cm³/mol. The van der Waals surface area contributed by atoms with Gasteiger partial charge in [0.25, 0.3) is 10.1 Å². The first-order valence-electron chi connectivity index (χ1n) is 4.98. The van der Waals surface area contributed by atoms with Crippen molar-refractivity contribution in [2.75, 3.05) is 45.1 Å². The zero-order chi connectivity index (χ0) is 11.7. The Morgan fingerprint density at radius 3 is 2.06 bits per heavy atom. The number of hydrogen-bond donors (Lipinski definition) is 3. The number of rotatable bonds is 3. The minimum absolute atomic E-state index is 0. The van der Waals surface area contributed by atoms with Crippen LogP contribution in [0.15, 0.2) is 0 Å². The molecule has 1 radical (unpaired) electrons. The van der Waals surface area contributed by atoms with E-state index in [-0.39, 0.29) is 35.3 Å². The fourth-order valence-electron chi connectivity index (χ4n) is 1.08. The van der Waals surface area contributed by atoms with Gasteiger partial charge in [-0.3, -0.25) is 9.45 Å². The van der Waals surface area contributed by atoms with Crippen molar-refractivity contribution in [1.29, 1.82) is 0 Å². The molecule has 0 aromatic heterocycles. The molecule has 1 rings (SSSR count). The Labute approximate surface area is 119 Å². The Morgan fingerprint density at radius 2 is 1.75 bits per heavy atom. The number of piperazine rings is 1. The fourth-order valence-corrected chi connectivity index (χ4v) is 1.08. The van der Waals surface area contributed by atoms with Crippen LogP contribution in [0, 0.1) is 0 Å². The average molecular weight is 263 g/mol. The number of nitrogens with one attached hydrogen (secondary N) is 1. The molecule has 0 amide bonds. The molecule has 0 aliphatic carbocycles. The van der Waals surface area contributed by atoms with Crippen molar-refractivity contribution >= 4 is 39.7 Å². The third-order valence-electron chi connectivity index (χ3n) is 1.99. The molecule has 6 nitrogen and oxygen atoms in total. The molecule has 1 saturated heterocycles. The molecule has 0 atom stereocenters. The van der Waals surface area contributed by atoms with Crippen LogP contribution in [-0.4, -0.2) is 97.6 Å². The molecule has 0 spiro atoms. The molecule has 1 fully saturated rings. The largest absolute Gasteiger partial charge is 0.395 e. The third-order valence-corrected chi connectivity index (χ3v) is 2.72. The van der Waals surface area contributed by atoms with Gasteiger partial charge in [0.2, 0.25) is 0 Å². The molecule has 3 N–H and O–H groups in total. The molecule has 1 heterocycles. The predicted octanol–water partition coefficient (Wildman–Crippen LogP) is -1.60. The van der Waals surface area contributed by atoms with Crippen molar-refractivity contribution in [3.63, 3.8) is 0 Å². The van der Waals surface area contributed by atoms with Crippen molar-refractivity contribution < 1.29 is 18.1 Å². The van der Waals surface area contributed by atoms with Gasteiger partial charge in [-0.15, -0.1) is 0 Å². The van der Waals surface area contributed by atoms with Crippen LogP contribution in [0.2, 0.25) is 0 Å². The zero-order valence-corrected chi connectivity index (χ0v) is 12.8. The zero-order valence-electron chi connectivity index (χ0n) is 10.0. The van der Waals surface area contributed by atoms with Crippen LogP contribution in [-0.2, 0) is 10.1 Å². The standard InChI is InChI=1S/C6H14N2O.C2H6O3S.Na/c9-6-5-8-3-1-7-2-4-8;1-2-6(3,4)5;/h7,9H,1-6H2;2H2,1H3,(H,3,4,5);. The molecule has 16 heavy (non-hydrogen) atoms. The molecule has 93 valence electrons. The minimum Gasteiger partial charge on any atom is -0.395 e. The summed E-state index contributed by atoms with van der Waals surface area (Å²) in [4.78, 5) is 2.26. The van der Waals surface area contributed by atoms with Gasteiger partial charge in [-0.2, -0.15) is 8.42 Å². The summed E-state index contributed by atoms with van der Waals surface area (Å²) in [6.45, 7) is 6.80. The second kappa shape index (κ2) is 10.9. The molecular formula is C8H20N2NaO4S. The summed E-state index contributed by atoms with van der Waals surface area (Å²) in [7, 11) is -3.66. The maximum absolute atomic E-state index is 9.56. The van der Waals surface area contributed by atoms with Gasteiger partial charge in [0.15, 0.2) is 0 Å².